The lowest BCUT2D eigenvalue weighted by atomic mass is 9.96. The number of hydrogen-bond acceptors (Lipinski definition) is 3. The van der Waals surface area contributed by atoms with E-state index in [0.29, 0.717) is 18.7 Å². The molecule has 0 bridgehead atoms. The zero-order valence-corrected chi connectivity index (χ0v) is 13.3. The quantitative estimate of drug-likeness (QED) is 0.882. The molecule has 1 aromatic carbocycles. The fraction of sp³-hybridized carbons (Fsp3) is 0.412. The second kappa shape index (κ2) is 6.12. The monoisotopic (exact) mass is 316 g/mol. The second-order valence-electron chi connectivity index (χ2n) is 5.95. The van der Waals surface area contributed by atoms with Crippen LogP contribution < -0.4 is 11.1 Å². The van der Waals surface area contributed by atoms with Crippen LogP contribution in [0, 0.1) is 6.92 Å². The van der Waals surface area contributed by atoms with Crippen molar-refractivity contribution in [2.75, 3.05) is 6.54 Å². The van der Waals surface area contributed by atoms with Crippen molar-refractivity contribution in [3.05, 3.63) is 46.8 Å². The summed E-state index contributed by atoms with van der Waals surface area (Å²) >= 11 is 0. The van der Waals surface area contributed by atoms with E-state index in [4.69, 9.17) is 5.73 Å². The molecular weight excluding hydrogens is 295 g/mol. The Hall–Kier alpha value is -2.21. The number of nitrogens with zero attached hydrogens (tertiary/aromatic N) is 2. The first kappa shape index (κ1) is 15.7. The Morgan fingerprint density at radius 3 is 2.61 bits per heavy atom. The van der Waals surface area contributed by atoms with Crippen LogP contribution in [0.25, 0.3) is 5.69 Å². The van der Waals surface area contributed by atoms with Gasteiger partial charge in [0.2, 0.25) is 0 Å². The second-order valence-corrected chi connectivity index (χ2v) is 5.95. The van der Waals surface area contributed by atoms with Crippen molar-refractivity contribution in [3.63, 3.8) is 0 Å². The van der Waals surface area contributed by atoms with Crippen molar-refractivity contribution in [3.8, 4) is 5.69 Å². The van der Waals surface area contributed by atoms with Gasteiger partial charge >= 0.3 is 0 Å². The predicted octanol–water partition coefficient (Wildman–Crippen LogP) is 1.69. The van der Waals surface area contributed by atoms with Crippen molar-refractivity contribution in [2.24, 2.45) is 5.73 Å². The van der Waals surface area contributed by atoms with E-state index in [0.717, 1.165) is 28.9 Å². The molecular formula is C17H21FN4O. The Kier molecular flexibility index (Phi) is 4.17. The highest BCUT2D eigenvalue weighted by Gasteiger charge is 2.29. The van der Waals surface area contributed by atoms with Crippen molar-refractivity contribution in [1.82, 2.24) is 15.1 Å². The van der Waals surface area contributed by atoms with E-state index in [1.165, 1.54) is 0 Å². The molecule has 0 saturated carbocycles. The van der Waals surface area contributed by atoms with Crippen LogP contribution in [-0.4, -0.2) is 34.4 Å². The van der Waals surface area contributed by atoms with Gasteiger partial charge < -0.3 is 11.1 Å². The van der Waals surface area contributed by atoms with Crippen molar-refractivity contribution in [2.45, 2.75) is 38.9 Å². The third-order valence-corrected chi connectivity index (χ3v) is 4.44. The highest BCUT2D eigenvalue weighted by Crippen LogP contribution is 2.20. The van der Waals surface area contributed by atoms with Crippen LogP contribution in [0.2, 0.25) is 0 Å². The molecule has 2 atom stereocenters. The number of primary amides is 1. The minimum atomic E-state index is -0.767. The standard InChI is InChI=1S/C17H21FN4O/c1-3-14-10(2)16(17(19)23)22(21-14)12-6-4-11(5-7-12)8-15-13(18)9-20-15/h4-7,13,15,20H,3,8-9H2,1-2H3,(H2,19,23)/t13-,15-/m0/s1. The molecule has 3 rings (SSSR count). The Morgan fingerprint density at radius 1 is 1.43 bits per heavy atom. The summed E-state index contributed by atoms with van der Waals surface area (Å²) in [4.78, 5) is 11.8. The first-order valence-electron chi connectivity index (χ1n) is 7.86. The molecule has 1 aromatic heterocycles. The molecule has 0 radical (unpaired) electrons. The van der Waals surface area contributed by atoms with Gasteiger partial charge in [-0.1, -0.05) is 19.1 Å². The highest BCUT2D eigenvalue weighted by molar-refractivity contribution is 5.93. The summed E-state index contributed by atoms with van der Waals surface area (Å²) < 4.78 is 14.9. The summed E-state index contributed by atoms with van der Waals surface area (Å²) in [6.45, 7) is 4.30. The molecule has 2 heterocycles. The molecule has 3 N–H and O–H groups in total. The molecule has 0 unspecified atom stereocenters. The van der Waals surface area contributed by atoms with E-state index < -0.39 is 12.1 Å². The number of hydrogen-bond donors (Lipinski definition) is 2. The fourth-order valence-electron chi connectivity index (χ4n) is 2.95. The summed E-state index contributed by atoms with van der Waals surface area (Å²) in [5.74, 6) is -0.488. The number of carbonyl (C=O) groups excluding carboxylic acids is 1. The van der Waals surface area contributed by atoms with Gasteiger partial charge in [0.1, 0.15) is 11.9 Å². The molecule has 23 heavy (non-hydrogen) atoms. The molecule has 1 saturated heterocycles. The van der Waals surface area contributed by atoms with Crippen molar-refractivity contribution < 1.29 is 9.18 Å². The van der Waals surface area contributed by atoms with Gasteiger partial charge in [0, 0.05) is 18.2 Å². The minimum absolute atomic E-state index is 0.0966. The van der Waals surface area contributed by atoms with Gasteiger partial charge in [-0.2, -0.15) is 5.10 Å². The zero-order chi connectivity index (χ0) is 16.6. The lowest BCUT2D eigenvalue weighted by Crippen LogP contribution is -2.55. The maximum Gasteiger partial charge on any atom is 0.267 e. The van der Waals surface area contributed by atoms with E-state index in [-0.39, 0.29) is 6.04 Å². The van der Waals surface area contributed by atoms with Crippen LogP contribution >= 0.6 is 0 Å². The van der Waals surface area contributed by atoms with Gasteiger partial charge in [-0.25, -0.2) is 9.07 Å². The van der Waals surface area contributed by atoms with Crippen LogP contribution in [0.3, 0.4) is 0 Å². The smallest absolute Gasteiger partial charge is 0.267 e. The molecule has 122 valence electrons. The molecule has 1 aliphatic heterocycles. The fourth-order valence-corrected chi connectivity index (χ4v) is 2.95. The van der Waals surface area contributed by atoms with E-state index >= 15 is 0 Å². The first-order valence-corrected chi connectivity index (χ1v) is 7.86. The number of amides is 1. The number of halogens is 1. The predicted molar refractivity (Wildman–Crippen MR) is 86.6 cm³/mol. The van der Waals surface area contributed by atoms with Crippen LogP contribution in [0.15, 0.2) is 24.3 Å². The third kappa shape index (κ3) is 2.86. The number of nitrogens with one attached hydrogen (secondary N) is 1. The summed E-state index contributed by atoms with van der Waals surface area (Å²) in [6, 6.07) is 7.56. The highest BCUT2D eigenvalue weighted by atomic mass is 19.1. The maximum absolute atomic E-state index is 13.3. The molecule has 1 amide bonds. The van der Waals surface area contributed by atoms with Crippen LogP contribution in [0.4, 0.5) is 4.39 Å². The summed E-state index contributed by atoms with van der Waals surface area (Å²) in [5.41, 5.74) is 9.44. The molecule has 6 heteroatoms. The van der Waals surface area contributed by atoms with Crippen LogP contribution in [0.1, 0.15) is 34.2 Å². The molecule has 5 nitrogen and oxygen atoms in total. The summed E-state index contributed by atoms with van der Waals surface area (Å²) in [7, 11) is 0. The largest absolute Gasteiger partial charge is 0.364 e. The van der Waals surface area contributed by atoms with E-state index in [1.54, 1.807) is 4.68 Å². The van der Waals surface area contributed by atoms with Crippen molar-refractivity contribution >= 4 is 5.91 Å². The van der Waals surface area contributed by atoms with Gasteiger partial charge in [0.25, 0.3) is 5.91 Å². The van der Waals surface area contributed by atoms with Gasteiger partial charge in [0.15, 0.2) is 0 Å². The average molecular weight is 316 g/mol. The van der Waals surface area contributed by atoms with Crippen molar-refractivity contribution in [1.29, 1.82) is 0 Å². The number of carbonyl (C=O) groups is 1. The molecule has 0 aliphatic carbocycles. The average Bonchev–Trinajstić information content (AvgIpc) is 2.88. The van der Waals surface area contributed by atoms with E-state index in [9.17, 15) is 9.18 Å². The number of rotatable bonds is 5. The Morgan fingerprint density at radius 2 is 2.13 bits per heavy atom. The minimum Gasteiger partial charge on any atom is -0.364 e. The van der Waals surface area contributed by atoms with Gasteiger partial charge in [-0.05, 0) is 37.5 Å². The lowest BCUT2D eigenvalue weighted by Gasteiger charge is -2.32. The lowest BCUT2D eigenvalue weighted by molar-refractivity contribution is 0.0992. The number of aryl methyl sites for hydroxylation is 1. The SMILES string of the molecule is CCc1nn(-c2ccc(C[C@@H]3NC[C@@H]3F)cc2)c(C(N)=O)c1C. The maximum atomic E-state index is 13.3. The number of benzene rings is 1. The topological polar surface area (TPSA) is 72.9 Å². The number of nitrogens with two attached hydrogens (primary N) is 1. The van der Waals surface area contributed by atoms with Gasteiger partial charge in [-0.15, -0.1) is 0 Å². The molecule has 1 aliphatic rings. The Labute approximate surface area is 134 Å². The van der Waals surface area contributed by atoms with Gasteiger partial charge in [0.05, 0.1) is 11.4 Å². The first-order chi connectivity index (χ1) is 11.0. The number of aromatic nitrogens is 2. The van der Waals surface area contributed by atoms with Crippen LogP contribution in [-0.2, 0) is 12.8 Å². The molecule has 0 spiro atoms. The Bertz CT molecular complexity index is 723. The summed E-state index contributed by atoms with van der Waals surface area (Å²) in [5, 5.41) is 7.57. The zero-order valence-electron chi connectivity index (χ0n) is 13.3. The van der Waals surface area contributed by atoms with E-state index in [1.807, 2.05) is 38.1 Å². The molecule has 1 fully saturated rings. The summed E-state index contributed by atoms with van der Waals surface area (Å²) in [6.07, 6.45) is 0.627. The van der Waals surface area contributed by atoms with E-state index in [2.05, 4.69) is 10.4 Å². The molecule has 2 aromatic rings. The number of alkyl halides is 1. The Balaban J connectivity index is 1.88. The van der Waals surface area contributed by atoms with Gasteiger partial charge in [-0.3, -0.25) is 4.79 Å². The normalized spacial score (nSPS) is 20.3. The third-order valence-electron chi connectivity index (χ3n) is 4.44. The van der Waals surface area contributed by atoms with Crippen LogP contribution in [0.5, 0.6) is 0 Å².